The lowest BCUT2D eigenvalue weighted by Gasteiger charge is -2.57. The van der Waals surface area contributed by atoms with E-state index in [0.29, 0.717) is 24.8 Å². The number of ketones is 3. The third-order valence-electron chi connectivity index (χ3n) is 11.2. The van der Waals surface area contributed by atoms with Gasteiger partial charge in [0, 0.05) is 37.1 Å². The highest BCUT2D eigenvalue weighted by molar-refractivity contribution is 5.95. The molecule has 10 nitrogen and oxygen atoms in total. The number of fused-ring (bicyclic) bond motifs is 5. The number of carboxylic acids is 1. The Morgan fingerprint density at radius 2 is 1.75 bits per heavy atom. The molecule has 0 heterocycles. The summed E-state index contributed by atoms with van der Waals surface area (Å²) in [5.41, 5.74) is -1.60. The van der Waals surface area contributed by atoms with Crippen molar-refractivity contribution < 1.29 is 43.7 Å². The van der Waals surface area contributed by atoms with Gasteiger partial charge < -0.3 is 20.3 Å². The van der Waals surface area contributed by atoms with Crippen LogP contribution < -0.4 is 5.32 Å². The number of carbonyl (C=O) groups excluding carboxylic acids is 5. The number of Topliss-reactive ketones (excluding diaryl/α,β-unsaturated/α-hetero) is 2. The zero-order valence-electron chi connectivity index (χ0n) is 25.3. The average Bonchev–Trinajstić information content (AvgIpc) is 3.26. The fourth-order valence-corrected chi connectivity index (χ4v) is 8.74. The van der Waals surface area contributed by atoms with E-state index in [0.717, 1.165) is 18.4 Å². The first-order valence-electron chi connectivity index (χ1n) is 15.5. The van der Waals surface area contributed by atoms with Crippen LogP contribution in [0.2, 0.25) is 0 Å². The number of amides is 1. The fraction of sp³-hybridized carbons (Fsp3) is 0.588. The monoisotopic (exact) mass is 607 g/mol. The Balaban J connectivity index is 1.15. The molecule has 1 aromatic carbocycles. The number of rotatable bonds is 10. The van der Waals surface area contributed by atoms with Crippen LogP contribution in [0.3, 0.4) is 0 Å². The van der Waals surface area contributed by atoms with Crippen molar-refractivity contribution in [3.63, 3.8) is 0 Å². The Kier molecular flexibility index (Phi) is 8.68. The first kappa shape index (κ1) is 31.8. The van der Waals surface area contributed by atoms with Crippen LogP contribution in [0.15, 0.2) is 42.0 Å². The minimum atomic E-state index is -1.82. The van der Waals surface area contributed by atoms with Crippen LogP contribution in [-0.2, 0) is 33.5 Å². The molecule has 1 aromatic rings. The van der Waals surface area contributed by atoms with Crippen LogP contribution in [0.1, 0.15) is 83.1 Å². The van der Waals surface area contributed by atoms with Crippen LogP contribution in [0.4, 0.5) is 0 Å². The number of nitrogens with one attached hydrogen (secondary N) is 1. The van der Waals surface area contributed by atoms with E-state index in [4.69, 9.17) is 4.74 Å². The van der Waals surface area contributed by atoms with Gasteiger partial charge in [-0.2, -0.15) is 0 Å². The van der Waals surface area contributed by atoms with Gasteiger partial charge in [-0.3, -0.25) is 28.8 Å². The maximum Gasteiger partial charge on any atom is 0.312 e. The van der Waals surface area contributed by atoms with Crippen LogP contribution in [-0.4, -0.2) is 64.2 Å². The Morgan fingerprint density at radius 3 is 2.45 bits per heavy atom. The summed E-state index contributed by atoms with van der Waals surface area (Å²) in [5.74, 6) is -4.17. The van der Waals surface area contributed by atoms with E-state index in [-0.39, 0.29) is 67.0 Å². The molecule has 0 radical (unpaired) electrons. The molecule has 44 heavy (non-hydrogen) atoms. The fourth-order valence-electron chi connectivity index (χ4n) is 8.74. The third kappa shape index (κ3) is 5.53. The second-order valence-corrected chi connectivity index (χ2v) is 13.5. The lowest BCUT2D eigenvalue weighted by atomic mass is 9.46. The molecule has 4 aliphatic rings. The third-order valence-corrected chi connectivity index (χ3v) is 11.2. The largest absolute Gasteiger partial charge is 0.481 e. The second-order valence-electron chi connectivity index (χ2n) is 13.5. The standard InChI is InChI=1S/C34H41NO9/c1-32-14-12-22(36)16-21(32)8-9-23-25-13-15-34(43,33(25,2)17-26(37)30(23)32)27(38)19-44-29(40)11-10-28(39)35-18-24(31(41)42)20-6-4-3-5-7-20/h3-7,16,23-25,30,43H,8-15,17-19H2,1-2H3,(H,35,39)(H,41,42)/t23-,24-,25-,30+,32+,33+,34+/m1/s1. The van der Waals surface area contributed by atoms with Crippen LogP contribution >= 0.6 is 0 Å². The normalized spacial score (nSPS) is 33.2. The van der Waals surface area contributed by atoms with Crippen molar-refractivity contribution in [3.05, 3.63) is 47.5 Å². The van der Waals surface area contributed by atoms with E-state index in [1.165, 1.54) is 0 Å². The predicted molar refractivity (Wildman–Crippen MR) is 157 cm³/mol. The van der Waals surface area contributed by atoms with Crippen molar-refractivity contribution in [3.8, 4) is 0 Å². The number of esters is 1. The first-order chi connectivity index (χ1) is 20.8. The van der Waals surface area contributed by atoms with Gasteiger partial charge in [0.2, 0.25) is 11.7 Å². The Bertz CT molecular complexity index is 1400. The summed E-state index contributed by atoms with van der Waals surface area (Å²) in [7, 11) is 0. The number of ether oxygens (including phenoxy) is 1. The summed E-state index contributed by atoms with van der Waals surface area (Å²) >= 11 is 0. The summed E-state index contributed by atoms with van der Waals surface area (Å²) in [6, 6.07) is 8.49. The van der Waals surface area contributed by atoms with Gasteiger partial charge >= 0.3 is 11.9 Å². The zero-order valence-corrected chi connectivity index (χ0v) is 25.3. The Labute approximate surface area is 256 Å². The maximum absolute atomic E-state index is 13.8. The van der Waals surface area contributed by atoms with E-state index in [1.807, 2.05) is 0 Å². The molecule has 3 saturated carbocycles. The van der Waals surface area contributed by atoms with E-state index in [1.54, 1.807) is 43.3 Å². The van der Waals surface area contributed by atoms with Gasteiger partial charge in [0.25, 0.3) is 0 Å². The first-order valence-corrected chi connectivity index (χ1v) is 15.5. The highest BCUT2D eigenvalue weighted by Crippen LogP contribution is 2.66. The topological polar surface area (TPSA) is 164 Å². The molecule has 0 unspecified atom stereocenters. The summed E-state index contributed by atoms with van der Waals surface area (Å²) in [5, 5.41) is 23.8. The molecule has 0 aromatic heterocycles. The van der Waals surface area contributed by atoms with Crippen molar-refractivity contribution in [2.45, 2.75) is 83.2 Å². The molecule has 3 fully saturated rings. The smallest absolute Gasteiger partial charge is 0.312 e. The van der Waals surface area contributed by atoms with Gasteiger partial charge in [-0.25, -0.2) is 0 Å². The van der Waals surface area contributed by atoms with Gasteiger partial charge in [0.1, 0.15) is 11.4 Å². The molecule has 0 saturated heterocycles. The van der Waals surface area contributed by atoms with Crippen LogP contribution in [0, 0.1) is 28.6 Å². The molecule has 0 aliphatic heterocycles. The lowest BCUT2D eigenvalue weighted by molar-refractivity contribution is -0.173. The average molecular weight is 608 g/mol. The number of hydrogen-bond acceptors (Lipinski definition) is 8. The van der Waals surface area contributed by atoms with Crippen molar-refractivity contribution in [1.82, 2.24) is 5.32 Å². The molecule has 0 bridgehead atoms. The molecular weight excluding hydrogens is 566 g/mol. The number of aliphatic hydroxyl groups is 1. The van der Waals surface area contributed by atoms with Crippen LogP contribution in [0.5, 0.6) is 0 Å². The summed E-state index contributed by atoms with van der Waals surface area (Å²) in [6.07, 6.45) is 4.47. The summed E-state index contributed by atoms with van der Waals surface area (Å²) < 4.78 is 5.17. The SMILES string of the molecule is C[C@]12CCC(=O)C=C1CC[C@H]1[C@H]2C(=O)C[C@@]2(C)[C@@H]1CC[C@]2(O)C(=O)COC(=O)CCC(=O)NC[C@@H](C(=O)O)c1ccccc1. The highest BCUT2D eigenvalue weighted by Gasteiger charge is 2.68. The number of allylic oxidation sites excluding steroid dienone is 1. The van der Waals surface area contributed by atoms with E-state index >= 15 is 0 Å². The Morgan fingerprint density at radius 1 is 1.02 bits per heavy atom. The van der Waals surface area contributed by atoms with Gasteiger partial charge in [0.15, 0.2) is 12.4 Å². The van der Waals surface area contributed by atoms with E-state index in [9.17, 15) is 39.0 Å². The lowest BCUT2D eigenvalue weighted by Crippen LogP contribution is -2.61. The minimum absolute atomic E-state index is 0.00195. The van der Waals surface area contributed by atoms with Crippen LogP contribution in [0.25, 0.3) is 0 Å². The molecule has 0 spiro atoms. The number of aliphatic carboxylic acids is 1. The van der Waals surface area contributed by atoms with Crippen molar-refractivity contribution in [2.24, 2.45) is 28.6 Å². The quantitative estimate of drug-likeness (QED) is 0.339. The number of benzene rings is 1. The van der Waals surface area contributed by atoms with Gasteiger partial charge in [-0.05, 0) is 61.0 Å². The van der Waals surface area contributed by atoms with Crippen molar-refractivity contribution in [2.75, 3.05) is 13.2 Å². The van der Waals surface area contributed by atoms with Gasteiger partial charge in [-0.15, -0.1) is 0 Å². The summed E-state index contributed by atoms with van der Waals surface area (Å²) in [4.78, 5) is 75.6. The van der Waals surface area contributed by atoms with E-state index in [2.05, 4.69) is 12.2 Å². The zero-order chi connectivity index (χ0) is 31.9. The maximum atomic E-state index is 13.8. The number of carbonyl (C=O) groups is 6. The van der Waals surface area contributed by atoms with E-state index < -0.39 is 47.2 Å². The predicted octanol–water partition coefficient (Wildman–Crippen LogP) is 3.31. The molecule has 4 aliphatic carbocycles. The van der Waals surface area contributed by atoms with Gasteiger partial charge in [-0.1, -0.05) is 49.8 Å². The molecule has 236 valence electrons. The molecule has 1 amide bonds. The number of hydrogen-bond donors (Lipinski definition) is 3. The molecule has 3 N–H and O–H groups in total. The summed E-state index contributed by atoms with van der Waals surface area (Å²) in [6.45, 7) is 3.08. The minimum Gasteiger partial charge on any atom is -0.481 e. The molecule has 5 rings (SSSR count). The van der Waals surface area contributed by atoms with Gasteiger partial charge in [0.05, 0.1) is 12.3 Å². The second kappa shape index (κ2) is 12.0. The van der Waals surface area contributed by atoms with Crippen molar-refractivity contribution in [1.29, 1.82) is 0 Å². The van der Waals surface area contributed by atoms with Crippen molar-refractivity contribution >= 4 is 35.2 Å². The molecule has 7 atom stereocenters. The highest BCUT2D eigenvalue weighted by atomic mass is 16.5. The molecule has 10 heteroatoms. The number of carboxylic acid groups (broad SMARTS) is 1. The molecular formula is C34H41NO9. The Hall–Kier alpha value is -3.66.